The lowest BCUT2D eigenvalue weighted by Crippen LogP contribution is -2.10. The molecule has 1 aromatic carbocycles. The first-order valence-electron chi connectivity index (χ1n) is 6.88. The van der Waals surface area contributed by atoms with Crippen LogP contribution in [0.15, 0.2) is 47.2 Å². The summed E-state index contributed by atoms with van der Waals surface area (Å²) >= 11 is 3.49. The molecule has 0 bridgehead atoms. The zero-order chi connectivity index (χ0) is 15.4. The summed E-state index contributed by atoms with van der Waals surface area (Å²) in [6, 6.07) is 9.79. The van der Waals surface area contributed by atoms with Crippen molar-refractivity contribution in [2.24, 2.45) is 0 Å². The Morgan fingerprint density at radius 1 is 1.23 bits per heavy atom. The highest BCUT2D eigenvalue weighted by Crippen LogP contribution is 2.27. The number of aromatic nitrogens is 3. The second-order valence-electron chi connectivity index (χ2n) is 4.72. The summed E-state index contributed by atoms with van der Waals surface area (Å²) in [4.78, 5) is 13.4. The van der Waals surface area contributed by atoms with Crippen LogP contribution in [0.1, 0.15) is 0 Å². The summed E-state index contributed by atoms with van der Waals surface area (Å²) in [5.41, 5.74) is 1.78. The van der Waals surface area contributed by atoms with Crippen molar-refractivity contribution >= 4 is 32.7 Å². The van der Waals surface area contributed by atoms with Crippen LogP contribution in [0.4, 0.5) is 5.82 Å². The van der Waals surface area contributed by atoms with E-state index in [-0.39, 0.29) is 0 Å². The minimum absolute atomic E-state index is 0.613. The Morgan fingerprint density at radius 3 is 2.91 bits per heavy atom. The quantitative estimate of drug-likeness (QED) is 0.707. The van der Waals surface area contributed by atoms with Gasteiger partial charge in [-0.25, -0.2) is 9.97 Å². The average molecular weight is 359 g/mol. The van der Waals surface area contributed by atoms with Gasteiger partial charge in [-0.1, -0.05) is 15.9 Å². The summed E-state index contributed by atoms with van der Waals surface area (Å²) < 4.78 is 6.08. The molecule has 0 unspecified atom stereocenters. The van der Waals surface area contributed by atoms with E-state index in [1.807, 2.05) is 30.3 Å². The number of hydrogen-bond donors (Lipinski definition) is 1. The molecule has 2 heterocycles. The molecule has 0 saturated carbocycles. The Balaban J connectivity index is 2.09. The van der Waals surface area contributed by atoms with Crippen LogP contribution >= 0.6 is 15.9 Å². The molecule has 0 radical (unpaired) electrons. The number of nitrogens with one attached hydrogen (secondary N) is 1. The molecule has 3 rings (SSSR count). The van der Waals surface area contributed by atoms with Crippen molar-refractivity contribution in [3.8, 4) is 11.4 Å². The molecule has 112 valence electrons. The third-order valence-electron chi connectivity index (χ3n) is 3.18. The zero-order valence-corrected chi connectivity index (χ0v) is 13.7. The summed E-state index contributed by atoms with van der Waals surface area (Å²) in [6.45, 7) is 1.29. The molecule has 0 fully saturated rings. The van der Waals surface area contributed by atoms with Crippen molar-refractivity contribution in [1.29, 1.82) is 0 Å². The lowest BCUT2D eigenvalue weighted by Gasteiger charge is -2.11. The van der Waals surface area contributed by atoms with Gasteiger partial charge >= 0.3 is 0 Å². The molecule has 22 heavy (non-hydrogen) atoms. The number of methoxy groups -OCH3 is 1. The summed E-state index contributed by atoms with van der Waals surface area (Å²) in [5.74, 6) is 1.45. The number of hydrogen-bond acceptors (Lipinski definition) is 5. The first-order chi connectivity index (χ1) is 10.8. The number of benzene rings is 1. The Hall–Kier alpha value is -2.05. The van der Waals surface area contributed by atoms with E-state index in [9.17, 15) is 0 Å². The molecule has 0 aliphatic heterocycles. The van der Waals surface area contributed by atoms with E-state index >= 15 is 0 Å². The van der Waals surface area contributed by atoms with Crippen molar-refractivity contribution in [3.05, 3.63) is 47.2 Å². The molecule has 1 N–H and O–H groups in total. The molecule has 6 heteroatoms. The lowest BCUT2D eigenvalue weighted by molar-refractivity contribution is 0.210. The van der Waals surface area contributed by atoms with E-state index in [4.69, 9.17) is 4.74 Å². The van der Waals surface area contributed by atoms with Crippen LogP contribution in [-0.2, 0) is 4.74 Å². The van der Waals surface area contributed by atoms with Crippen LogP contribution in [0, 0.1) is 0 Å². The van der Waals surface area contributed by atoms with Gasteiger partial charge in [-0.2, -0.15) is 0 Å². The molecule has 5 nitrogen and oxygen atoms in total. The Kier molecular flexibility index (Phi) is 4.60. The number of anilines is 1. The second-order valence-corrected chi connectivity index (χ2v) is 5.63. The number of ether oxygens (including phenoxy) is 1. The van der Waals surface area contributed by atoms with Crippen LogP contribution < -0.4 is 5.32 Å². The summed E-state index contributed by atoms with van der Waals surface area (Å²) in [6.07, 6.45) is 3.50. The fourth-order valence-corrected chi connectivity index (χ4v) is 2.49. The summed E-state index contributed by atoms with van der Waals surface area (Å²) in [5, 5.41) is 4.28. The molecule has 0 aliphatic carbocycles. The highest BCUT2D eigenvalue weighted by molar-refractivity contribution is 9.10. The van der Waals surface area contributed by atoms with E-state index in [0.717, 1.165) is 26.8 Å². The van der Waals surface area contributed by atoms with Crippen LogP contribution in [-0.4, -0.2) is 35.2 Å². The largest absolute Gasteiger partial charge is 0.383 e. The minimum Gasteiger partial charge on any atom is -0.383 e. The molecule has 0 atom stereocenters. The number of fused-ring (bicyclic) bond motifs is 1. The van der Waals surface area contributed by atoms with Gasteiger partial charge in [-0.15, -0.1) is 0 Å². The van der Waals surface area contributed by atoms with E-state index in [2.05, 4.69) is 36.2 Å². The Morgan fingerprint density at radius 2 is 2.14 bits per heavy atom. The number of rotatable bonds is 5. The molecule has 0 amide bonds. The zero-order valence-electron chi connectivity index (χ0n) is 12.1. The molecule has 3 aromatic rings. The molecule has 0 aliphatic rings. The highest BCUT2D eigenvalue weighted by Gasteiger charge is 2.09. The highest BCUT2D eigenvalue weighted by atomic mass is 79.9. The van der Waals surface area contributed by atoms with E-state index in [1.54, 1.807) is 19.5 Å². The van der Waals surface area contributed by atoms with Crippen molar-refractivity contribution < 1.29 is 4.74 Å². The SMILES string of the molecule is COCCNc1nc(-c2cccnc2)nc2ccc(Br)cc12. The molecule has 2 aromatic heterocycles. The van der Waals surface area contributed by atoms with Crippen LogP contribution in [0.2, 0.25) is 0 Å². The second kappa shape index (κ2) is 6.81. The first-order valence-corrected chi connectivity index (χ1v) is 7.68. The predicted molar refractivity (Wildman–Crippen MR) is 90.8 cm³/mol. The monoisotopic (exact) mass is 358 g/mol. The Bertz CT molecular complexity index is 780. The van der Waals surface area contributed by atoms with E-state index in [1.165, 1.54) is 0 Å². The lowest BCUT2D eigenvalue weighted by atomic mass is 10.2. The summed E-state index contributed by atoms with van der Waals surface area (Å²) in [7, 11) is 1.68. The fourth-order valence-electron chi connectivity index (χ4n) is 2.13. The van der Waals surface area contributed by atoms with Gasteiger partial charge in [-0.3, -0.25) is 4.98 Å². The number of nitrogens with zero attached hydrogens (tertiary/aromatic N) is 3. The molecule has 0 saturated heterocycles. The van der Waals surface area contributed by atoms with Gasteiger partial charge in [0, 0.05) is 41.5 Å². The van der Waals surface area contributed by atoms with Gasteiger partial charge in [-0.05, 0) is 30.3 Å². The molecular weight excluding hydrogens is 344 g/mol. The van der Waals surface area contributed by atoms with Crippen molar-refractivity contribution in [1.82, 2.24) is 15.0 Å². The number of halogens is 1. The van der Waals surface area contributed by atoms with Gasteiger partial charge in [0.05, 0.1) is 12.1 Å². The maximum Gasteiger partial charge on any atom is 0.163 e. The van der Waals surface area contributed by atoms with Crippen LogP contribution in [0.3, 0.4) is 0 Å². The van der Waals surface area contributed by atoms with Crippen molar-refractivity contribution in [2.75, 3.05) is 25.6 Å². The fraction of sp³-hybridized carbons (Fsp3) is 0.188. The minimum atomic E-state index is 0.613. The average Bonchev–Trinajstić information content (AvgIpc) is 2.56. The molecule has 0 spiro atoms. The normalized spacial score (nSPS) is 10.8. The van der Waals surface area contributed by atoms with E-state index in [0.29, 0.717) is 19.0 Å². The predicted octanol–water partition coefficient (Wildman–Crippen LogP) is 3.51. The Labute approximate surface area is 136 Å². The smallest absolute Gasteiger partial charge is 0.163 e. The van der Waals surface area contributed by atoms with Gasteiger partial charge in [0.2, 0.25) is 0 Å². The standard InChI is InChI=1S/C16H15BrN4O/c1-22-8-7-19-16-13-9-12(17)4-5-14(13)20-15(21-16)11-3-2-6-18-10-11/h2-6,9-10H,7-8H2,1H3,(H,19,20,21). The first kappa shape index (κ1) is 14.9. The maximum atomic E-state index is 5.09. The van der Waals surface area contributed by atoms with Crippen molar-refractivity contribution in [2.45, 2.75) is 0 Å². The van der Waals surface area contributed by atoms with Gasteiger partial charge in [0.15, 0.2) is 5.82 Å². The topological polar surface area (TPSA) is 59.9 Å². The van der Waals surface area contributed by atoms with E-state index < -0.39 is 0 Å². The van der Waals surface area contributed by atoms with Crippen LogP contribution in [0.25, 0.3) is 22.3 Å². The maximum absolute atomic E-state index is 5.09. The number of pyridine rings is 1. The van der Waals surface area contributed by atoms with Crippen molar-refractivity contribution in [3.63, 3.8) is 0 Å². The molecular formula is C16H15BrN4O. The third kappa shape index (κ3) is 3.23. The van der Waals surface area contributed by atoms with Gasteiger partial charge in [0.25, 0.3) is 0 Å². The van der Waals surface area contributed by atoms with Gasteiger partial charge in [0.1, 0.15) is 5.82 Å². The van der Waals surface area contributed by atoms with Gasteiger partial charge < -0.3 is 10.1 Å². The van der Waals surface area contributed by atoms with Crippen LogP contribution in [0.5, 0.6) is 0 Å². The third-order valence-corrected chi connectivity index (χ3v) is 3.67.